The summed E-state index contributed by atoms with van der Waals surface area (Å²) in [4.78, 5) is 8.43. The summed E-state index contributed by atoms with van der Waals surface area (Å²) in [5.41, 5.74) is 3.59. The van der Waals surface area contributed by atoms with Crippen molar-refractivity contribution in [2.45, 2.75) is 6.42 Å². The van der Waals surface area contributed by atoms with Gasteiger partial charge in [-0.25, -0.2) is 9.50 Å². The van der Waals surface area contributed by atoms with Gasteiger partial charge in [0.2, 0.25) is 0 Å². The molecule has 0 fully saturated rings. The normalized spacial score (nSPS) is 11.0. The molecular weight excluding hydrogens is 385 g/mol. The van der Waals surface area contributed by atoms with Crippen LogP contribution in [0.15, 0.2) is 55.0 Å². The second-order valence-corrected chi connectivity index (χ2v) is 6.77. The maximum absolute atomic E-state index is 9.63. The second-order valence-electron chi connectivity index (χ2n) is 5.95. The average molecular weight is 400 g/mol. The Hall–Kier alpha value is -2.83. The van der Waals surface area contributed by atoms with Gasteiger partial charge in [0.05, 0.1) is 21.9 Å². The minimum atomic E-state index is -0.0918. The van der Waals surface area contributed by atoms with Crippen LogP contribution >= 0.6 is 23.2 Å². The van der Waals surface area contributed by atoms with E-state index in [1.54, 1.807) is 35.2 Å². The molecule has 8 heteroatoms. The zero-order chi connectivity index (χ0) is 18.8. The number of benzene rings is 1. The fourth-order valence-electron chi connectivity index (χ4n) is 2.78. The molecule has 3 aromatic heterocycles. The zero-order valence-corrected chi connectivity index (χ0v) is 15.6. The number of nitrogens with zero attached hydrogens (tertiary/aromatic N) is 4. The zero-order valence-electron chi connectivity index (χ0n) is 14.1. The highest BCUT2D eigenvalue weighted by molar-refractivity contribution is 6.37. The van der Waals surface area contributed by atoms with Crippen LogP contribution in [0, 0.1) is 0 Å². The highest BCUT2D eigenvalue weighted by atomic mass is 35.5. The van der Waals surface area contributed by atoms with Crippen LogP contribution in [0.1, 0.15) is 5.56 Å². The molecule has 4 aromatic rings. The van der Waals surface area contributed by atoms with Crippen LogP contribution in [0.3, 0.4) is 0 Å². The van der Waals surface area contributed by atoms with Crippen molar-refractivity contribution in [1.82, 2.24) is 19.6 Å². The van der Waals surface area contributed by atoms with E-state index >= 15 is 0 Å². The fourth-order valence-corrected chi connectivity index (χ4v) is 3.32. The predicted molar refractivity (Wildman–Crippen MR) is 107 cm³/mol. The lowest BCUT2D eigenvalue weighted by Gasteiger charge is -2.09. The maximum atomic E-state index is 9.63. The van der Waals surface area contributed by atoms with Gasteiger partial charge in [-0.05, 0) is 48.4 Å². The Kier molecular flexibility index (Phi) is 4.83. The van der Waals surface area contributed by atoms with E-state index in [1.165, 1.54) is 0 Å². The standard InChI is InChI=1S/C19H15Cl2N5O/c20-14-9-12(10-15(21)19(14)27)3-8-23-17-1-2-18-24-11-16(26(18)25-17)13-4-6-22-7-5-13/h1-2,4-7,9-11,27H,3,8H2,(H,23,25). The molecule has 0 aliphatic rings. The van der Waals surface area contributed by atoms with E-state index in [4.69, 9.17) is 23.2 Å². The van der Waals surface area contributed by atoms with Gasteiger partial charge in [-0.2, -0.15) is 0 Å². The highest BCUT2D eigenvalue weighted by Gasteiger charge is 2.09. The first-order chi connectivity index (χ1) is 13.1. The van der Waals surface area contributed by atoms with Gasteiger partial charge in [-0.1, -0.05) is 23.2 Å². The van der Waals surface area contributed by atoms with Crippen molar-refractivity contribution in [3.63, 3.8) is 0 Å². The van der Waals surface area contributed by atoms with Crippen molar-refractivity contribution in [1.29, 1.82) is 0 Å². The highest BCUT2D eigenvalue weighted by Crippen LogP contribution is 2.32. The van der Waals surface area contributed by atoms with E-state index in [9.17, 15) is 5.11 Å². The van der Waals surface area contributed by atoms with Gasteiger partial charge in [0.25, 0.3) is 0 Å². The number of aromatic nitrogens is 4. The fraction of sp³-hybridized carbons (Fsp3) is 0.105. The second kappa shape index (κ2) is 7.42. The summed E-state index contributed by atoms with van der Waals surface area (Å²) in [5.74, 6) is 0.637. The monoisotopic (exact) mass is 399 g/mol. The van der Waals surface area contributed by atoms with Gasteiger partial charge in [0.1, 0.15) is 5.82 Å². The predicted octanol–water partition coefficient (Wildman–Crippen LogP) is 4.46. The summed E-state index contributed by atoms with van der Waals surface area (Å²) in [6, 6.07) is 11.0. The van der Waals surface area contributed by atoms with Crippen molar-refractivity contribution < 1.29 is 5.11 Å². The van der Waals surface area contributed by atoms with Gasteiger partial charge in [-0.15, -0.1) is 5.10 Å². The molecule has 136 valence electrons. The lowest BCUT2D eigenvalue weighted by atomic mass is 10.1. The Morgan fingerprint density at radius 2 is 1.78 bits per heavy atom. The lowest BCUT2D eigenvalue weighted by Crippen LogP contribution is -2.08. The number of hydrogen-bond donors (Lipinski definition) is 2. The molecular formula is C19H15Cl2N5O. The minimum Gasteiger partial charge on any atom is -0.505 e. The van der Waals surface area contributed by atoms with Crippen LogP contribution < -0.4 is 5.32 Å². The molecule has 3 heterocycles. The summed E-state index contributed by atoms with van der Waals surface area (Å²) >= 11 is 11.9. The molecule has 0 aliphatic heterocycles. The number of fused-ring (bicyclic) bond motifs is 1. The van der Waals surface area contributed by atoms with Crippen LogP contribution in [-0.4, -0.2) is 31.2 Å². The molecule has 2 N–H and O–H groups in total. The van der Waals surface area contributed by atoms with Crippen LogP contribution in [0.25, 0.3) is 16.9 Å². The van der Waals surface area contributed by atoms with E-state index in [1.807, 2.05) is 24.3 Å². The Morgan fingerprint density at radius 1 is 1.04 bits per heavy atom. The number of aromatic hydroxyl groups is 1. The largest absolute Gasteiger partial charge is 0.505 e. The Labute approximate surface area is 165 Å². The third-order valence-electron chi connectivity index (χ3n) is 4.13. The minimum absolute atomic E-state index is 0.0918. The molecule has 0 saturated carbocycles. The van der Waals surface area contributed by atoms with E-state index in [0.29, 0.717) is 13.0 Å². The topological polar surface area (TPSA) is 75.3 Å². The Bertz CT molecular complexity index is 1070. The van der Waals surface area contributed by atoms with Gasteiger partial charge in [0.15, 0.2) is 11.4 Å². The quantitative estimate of drug-likeness (QED) is 0.518. The molecule has 0 spiro atoms. The number of anilines is 1. The van der Waals surface area contributed by atoms with Crippen molar-refractivity contribution in [3.8, 4) is 17.0 Å². The molecule has 0 atom stereocenters. The van der Waals surface area contributed by atoms with Crippen molar-refractivity contribution in [3.05, 3.63) is 70.6 Å². The first kappa shape index (κ1) is 17.6. The van der Waals surface area contributed by atoms with Gasteiger partial charge in [-0.3, -0.25) is 4.98 Å². The molecule has 4 rings (SSSR count). The van der Waals surface area contributed by atoms with E-state index < -0.39 is 0 Å². The average Bonchev–Trinajstić information content (AvgIpc) is 3.10. The van der Waals surface area contributed by atoms with Crippen molar-refractivity contribution >= 4 is 34.7 Å². The van der Waals surface area contributed by atoms with Crippen molar-refractivity contribution in [2.24, 2.45) is 0 Å². The number of imidazole rings is 1. The van der Waals surface area contributed by atoms with Gasteiger partial charge < -0.3 is 10.4 Å². The first-order valence-corrected chi connectivity index (χ1v) is 9.03. The molecule has 0 saturated heterocycles. The van der Waals surface area contributed by atoms with E-state index in [-0.39, 0.29) is 15.8 Å². The van der Waals surface area contributed by atoms with Crippen LogP contribution in [0.2, 0.25) is 10.0 Å². The summed E-state index contributed by atoms with van der Waals surface area (Å²) < 4.78 is 1.80. The Morgan fingerprint density at radius 3 is 2.52 bits per heavy atom. The third kappa shape index (κ3) is 3.67. The summed E-state index contributed by atoms with van der Waals surface area (Å²) in [6.45, 7) is 0.634. The molecule has 1 aromatic carbocycles. The number of phenols is 1. The molecule has 0 amide bonds. The number of pyridine rings is 1. The van der Waals surface area contributed by atoms with Crippen molar-refractivity contribution in [2.75, 3.05) is 11.9 Å². The first-order valence-electron chi connectivity index (χ1n) is 8.28. The van der Waals surface area contributed by atoms with Crippen LogP contribution in [-0.2, 0) is 6.42 Å². The summed E-state index contributed by atoms with van der Waals surface area (Å²) in [7, 11) is 0. The van der Waals surface area contributed by atoms with E-state index in [0.717, 1.165) is 28.3 Å². The molecule has 6 nitrogen and oxygen atoms in total. The van der Waals surface area contributed by atoms with Gasteiger partial charge >= 0.3 is 0 Å². The van der Waals surface area contributed by atoms with Crippen LogP contribution in [0.5, 0.6) is 5.75 Å². The number of nitrogens with one attached hydrogen (secondary N) is 1. The SMILES string of the molecule is Oc1c(Cl)cc(CCNc2ccc3ncc(-c4ccncc4)n3n2)cc1Cl. The molecule has 0 radical (unpaired) electrons. The smallest absolute Gasteiger partial charge is 0.154 e. The molecule has 0 aliphatic carbocycles. The number of phenolic OH excluding ortho intramolecular Hbond substituents is 1. The summed E-state index contributed by atoms with van der Waals surface area (Å²) in [5, 5.41) is 18.0. The lowest BCUT2D eigenvalue weighted by molar-refractivity contribution is 0.475. The van der Waals surface area contributed by atoms with Crippen LogP contribution in [0.4, 0.5) is 5.82 Å². The number of halogens is 2. The summed E-state index contributed by atoms with van der Waals surface area (Å²) in [6.07, 6.45) is 5.96. The molecule has 27 heavy (non-hydrogen) atoms. The van der Waals surface area contributed by atoms with Gasteiger partial charge in [0, 0.05) is 24.5 Å². The molecule has 0 bridgehead atoms. The molecule has 0 unspecified atom stereocenters. The third-order valence-corrected chi connectivity index (χ3v) is 4.71. The maximum Gasteiger partial charge on any atom is 0.154 e. The number of rotatable bonds is 5. The Balaban J connectivity index is 1.51. The number of hydrogen-bond acceptors (Lipinski definition) is 5. The van der Waals surface area contributed by atoms with E-state index in [2.05, 4.69) is 20.4 Å².